The summed E-state index contributed by atoms with van der Waals surface area (Å²) >= 11 is 1.70. The maximum absolute atomic E-state index is 12.5. The Morgan fingerprint density at radius 1 is 1.22 bits per heavy atom. The zero-order valence-corrected chi connectivity index (χ0v) is 15.5. The molecule has 0 bridgehead atoms. The molecule has 1 aliphatic heterocycles. The Bertz CT molecular complexity index is 872. The highest BCUT2D eigenvalue weighted by Crippen LogP contribution is 2.36. The van der Waals surface area contributed by atoms with Crippen molar-refractivity contribution in [3.8, 4) is 11.5 Å². The number of aryl methyl sites for hydroxylation is 2. The van der Waals surface area contributed by atoms with E-state index in [1.165, 1.54) is 35.5 Å². The molecule has 1 aliphatic carbocycles. The molecule has 0 fully saturated rings. The van der Waals surface area contributed by atoms with Gasteiger partial charge in [-0.1, -0.05) is 0 Å². The molecular weight excluding hydrogens is 370 g/mol. The van der Waals surface area contributed by atoms with Gasteiger partial charge in [0, 0.05) is 23.9 Å². The Morgan fingerprint density at radius 3 is 2.70 bits per heavy atom. The first-order chi connectivity index (χ1) is 13.1. The normalized spacial score (nSPS) is 15.1. The molecule has 4 rings (SSSR count). The Morgan fingerprint density at radius 2 is 1.96 bits per heavy atom. The van der Waals surface area contributed by atoms with Crippen molar-refractivity contribution in [3.05, 3.63) is 43.4 Å². The van der Waals surface area contributed by atoms with E-state index in [0.717, 1.165) is 17.8 Å². The van der Waals surface area contributed by atoms with Gasteiger partial charge in [0.2, 0.25) is 0 Å². The van der Waals surface area contributed by atoms with Gasteiger partial charge in [-0.3, -0.25) is 14.9 Å². The van der Waals surface area contributed by atoms with Crippen molar-refractivity contribution in [1.82, 2.24) is 10.3 Å². The zero-order chi connectivity index (χ0) is 18.8. The molecule has 0 saturated carbocycles. The van der Waals surface area contributed by atoms with Crippen LogP contribution in [-0.4, -0.2) is 35.6 Å². The molecule has 1 aromatic heterocycles. The van der Waals surface area contributed by atoms with Gasteiger partial charge in [0.1, 0.15) is 18.8 Å². The number of nitro groups is 1. The molecule has 0 unspecified atom stereocenters. The molecule has 2 aromatic rings. The van der Waals surface area contributed by atoms with Gasteiger partial charge < -0.3 is 14.8 Å². The first-order valence-electron chi connectivity index (χ1n) is 8.95. The fourth-order valence-corrected chi connectivity index (χ4v) is 4.46. The number of nitrogens with one attached hydrogen (secondary N) is 1. The number of carbonyl (C=O) groups is 1. The van der Waals surface area contributed by atoms with E-state index in [1.54, 1.807) is 11.3 Å². The van der Waals surface area contributed by atoms with Crippen LogP contribution in [0, 0.1) is 10.1 Å². The topological polar surface area (TPSA) is 104 Å². The van der Waals surface area contributed by atoms with E-state index in [-0.39, 0.29) is 17.0 Å². The van der Waals surface area contributed by atoms with Gasteiger partial charge in [-0.25, -0.2) is 4.98 Å². The largest absolute Gasteiger partial charge is 0.486 e. The first kappa shape index (κ1) is 17.7. The maximum Gasteiger partial charge on any atom is 0.286 e. The lowest BCUT2D eigenvalue weighted by Crippen LogP contribution is -2.27. The van der Waals surface area contributed by atoms with Crippen LogP contribution in [0.1, 0.15) is 38.8 Å². The molecule has 8 nitrogen and oxygen atoms in total. The average Bonchev–Trinajstić information content (AvgIpc) is 3.09. The predicted molar refractivity (Wildman–Crippen MR) is 98.9 cm³/mol. The van der Waals surface area contributed by atoms with Gasteiger partial charge in [0.15, 0.2) is 11.5 Å². The lowest BCUT2D eigenvalue weighted by atomic mass is 10.0. The van der Waals surface area contributed by atoms with Crippen molar-refractivity contribution in [1.29, 1.82) is 0 Å². The smallest absolute Gasteiger partial charge is 0.286 e. The number of hydrogen-bond acceptors (Lipinski definition) is 7. The highest BCUT2D eigenvalue weighted by Gasteiger charge is 2.26. The monoisotopic (exact) mass is 389 g/mol. The van der Waals surface area contributed by atoms with Crippen LogP contribution >= 0.6 is 11.3 Å². The van der Waals surface area contributed by atoms with Crippen LogP contribution in [0.3, 0.4) is 0 Å². The number of carbonyl (C=O) groups excluding carboxylic acids is 1. The highest BCUT2D eigenvalue weighted by molar-refractivity contribution is 7.11. The van der Waals surface area contributed by atoms with Gasteiger partial charge in [-0.2, -0.15) is 0 Å². The molecule has 1 N–H and O–H groups in total. The molecule has 9 heteroatoms. The molecule has 0 spiro atoms. The third-order valence-electron chi connectivity index (χ3n) is 4.62. The van der Waals surface area contributed by atoms with E-state index in [1.807, 2.05) is 0 Å². The number of nitrogens with zero attached hydrogens (tertiary/aromatic N) is 2. The van der Waals surface area contributed by atoms with Crippen molar-refractivity contribution >= 4 is 22.9 Å². The number of amides is 1. The number of benzene rings is 1. The number of hydrogen-bond donors (Lipinski definition) is 1. The number of nitro benzene ring substituents is 1. The van der Waals surface area contributed by atoms with Crippen LogP contribution in [0.4, 0.5) is 5.69 Å². The van der Waals surface area contributed by atoms with Crippen LogP contribution < -0.4 is 14.8 Å². The van der Waals surface area contributed by atoms with Crippen molar-refractivity contribution in [2.75, 3.05) is 19.8 Å². The SMILES string of the molecule is O=C(NCCc1nc2c(s1)CCCC2)c1cc2c(cc1[N+](=O)[O-])OCCO2. The summed E-state index contributed by atoms with van der Waals surface area (Å²) in [6, 6.07) is 2.63. The van der Waals surface area contributed by atoms with Crippen molar-refractivity contribution in [2.45, 2.75) is 32.1 Å². The summed E-state index contributed by atoms with van der Waals surface area (Å²) in [4.78, 5) is 29.3. The number of fused-ring (bicyclic) bond motifs is 2. The standard InChI is InChI=1S/C18H19N3O5S/c22-18(19-6-5-17-20-12-3-1-2-4-16(12)27-17)11-9-14-15(26-8-7-25-14)10-13(11)21(23)24/h9-10H,1-8H2,(H,19,22). The molecular formula is C18H19N3O5S. The van der Waals surface area contributed by atoms with E-state index in [0.29, 0.717) is 31.9 Å². The lowest BCUT2D eigenvalue weighted by Gasteiger charge is -2.18. The van der Waals surface area contributed by atoms with E-state index < -0.39 is 10.8 Å². The molecule has 0 atom stereocenters. The van der Waals surface area contributed by atoms with Crippen LogP contribution in [0.25, 0.3) is 0 Å². The van der Waals surface area contributed by atoms with Gasteiger partial charge in [0.25, 0.3) is 11.6 Å². The summed E-state index contributed by atoms with van der Waals surface area (Å²) in [7, 11) is 0. The second kappa shape index (κ2) is 7.51. The minimum absolute atomic E-state index is 0.0253. The van der Waals surface area contributed by atoms with Crippen molar-refractivity contribution in [3.63, 3.8) is 0 Å². The Hall–Kier alpha value is -2.68. The van der Waals surface area contributed by atoms with Crippen molar-refractivity contribution < 1.29 is 19.2 Å². The fourth-order valence-electron chi connectivity index (χ4n) is 3.30. The van der Waals surface area contributed by atoms with Crippen LogP contribution in [-0.2, 0) is 19.3 Å². The second-order valence-electron chi connectivity index (χ2n) is 6.46. The van der Waals surface area contributed by atoms with Gasteiger partial charge in [-0.15, -0.1) is 11.3 Å². The lowest BCUT2D eigenvalue weighted by molar-refractivity contribution is -0.385. The summed E-state index contributed by atoms with van der Waals surface area (Å²) < 4.78 is 10.8. The van der Waals surface area contributed by atoms with Gasteiger partial charge >= 0.3 is 0 Å². The summed E-state index contributed by atoms with van der Waals surface area (Å²) in [6.45, 7) is 1.05. The number of ether oxygens (including phenoxy) is 2. The predicted octanol–water partition coefficient (Wildman–Crippen LogP) is 2.67. The summed E-state index contributed by atoms with van der Waals surface area (Å²) in [5.74, 6) is 0.141. The van der Waals surface area contributed by atoms with Crippen molar-refractivity contribution in [2.24, 2.45) is 0 Å². The molecule has 1 amide bonds. The first-order valence-corrected chi connectivity index (χ1v) is 9.77. The molecule has 0 radical (unpaired) electrons. The quantitative estimate of drug-likeness (QED) is 0.623. The Balaban J connectivity index is 1.44. The zero-order valence-electron chi connectivity index (χ0n) is 14.7. The number of thiazole rings is 1. The minimum Gasteiger partial charge on any atom is -0.486 e. The Labute approximate surface area is 159 Å². The van der Waals surface area contributed by atoms with E-state index in [2.05, 4.69) is 10.3 Å². The molecule has 1 aromatic carbocycles. The summed E-state index contributed by atoms with van der Waals surface area (Å²) in [5, 5.41) is 15.1. The van der Waals surface area contributed by atoms with Gasteiger partial charge in [0.05, 0.1) is 21.7 Å². The van der Waals surface area contributed by atoms with E-state index >= 15 is 0 Å². The fraction of sp³-hybridized carbons (Fsp3) is 0.444. The molecule has 2 heterocycles. The maximum atomic E-state index is 12.5. The van der Waals surface area contributed by atoms with Gasteiger partial charge in [-0.05, 0) is 25.7 Å². The van der Waals surface area contributed by atoms with Crippen LogP contribution in [0.5, 0.6) is 11.5 Å². The minimum atomic E-state index is -0.581. The highest BCUT2D eigenvalue weighted by atomic mass is 32.1. The summed E-state index contributed by atoms with van der Waals surface area (Å²) in [5.41, 5.74) is 0.874. The summed E-state index contributed by atoms with van der Waals surface area (Å²) in [6.07, 6.45) is 5.12. The number of rotatable bonds is 5. The third kappa shape index (κ3) is 3.73. The Kier molecular flexibility index (Phi) is 4.93. The van der Waals surface area contributed by atoms with E-state index in [4.69, 9.17) is 9.47 Å². The molecule has 0 saturated heterocycles. The van der Waals surface area contributed by atoms with Crippen LogP contribution in [0.15, 0.2) is 12.1 Å². The number of aromatic nitrogens is 1. The molecule has 142 valence electrons. The average molecular weight is 389 g/mol. The third-order valence-corrected chi connectivity index (χ3v) is 5.83. The molecule has 27 heavy (non-hydrogen) atoms. The second-order valence-corrected chi connectivity index (χ2v) is 7.63. The van der Waals surface area contributed by atoms with E-state index in [9.17, 15) is 14.9 Å². The van der Waals surface area contributed by atoms with Crippen LogP contribution in [0.2, 0.25) is 0 Å². The molecule has 2 aliphatic rings.